The monoisotopic (exact) mass is 465 g/mol. The van der Waals surface area contributed by atoms with Gasteiger partial charge in [-0.2, -0.15) is 0 Å². The van der Waals surface area contributed by atoms with E-state index < -0.39 is 0 Å². The van der Waals surface area contributed by atoms with Crippen molar-refractivity contribution in [3.63, 3.8) is 0 Å². The van der Waals surface area contributed by atoms with Crippen molar-refractivity contribution in [2.24, 2.45) is 0 Å². The minimum atomic E-state index is 0.958. The van der Waals surface area contributed by atoms with Gasteiger partial charge in [0.25, 0.3) is 0 Å². The standard InChI is InChI=1S/C35H31N/c1-3-36(4-2)35-32(33(25-15-7-5-8-16-25)26-17-9-6-10-18-26)24-30-29-22-14-13-21-28(29)23-31(30)34(35)27-19-11-12-20-27/h5-19,21-24H,3-4,20H2,1-2H3. The molecule has 1 nitrogen and oxygen atoms in total. The number of allylic oxidation sites excluding steroid dienone is 4. The first-order chi connectivity index (χ1) is 17.8. The number of nitrogens with zero attached hydrogens (tertiary/aromatic N) is 1. The van der Waals surface area contributed by atoms with Crippen molar-refractivity contribution in [3.8, 4) is 11.1 Å². The number of benzene rings is 4. The zero-order valence-corrected chi connectivity index (χ0v) is 21.0. The Morgan fingerprint density at radius 1 is 0.750 bits per heavy atom. The molecule has 0 spiro atoms. The highest BCUT2D eigenvalue weighted by atomic mass is 15.1. The van der Waals surface area contributed by atoms with Gasteiger partial charge in [0.05, 0.1) is 5.69 Å². The number of hydrogen-bond donors (Lipinski definition) is 0. The fourth-order valence-electron chi connectivity index (χ4n) is 5.79. The van der Waals surface area contributed by atoms with Gasteiger partial charge < -0.3 is 4.90 Å². The summed E-state index contributed by atoms with van der Waals surface area (Å²) in [6.07, 6.45) is 10.2. The minimum Gasteiger partial charge on any atom is -0.371 e. The summed E-state index contributed by atoms with van der Waals surface area (Å²) in [4.78, 5) is 2.55. The van der Waals surface area contributed by atoms with E-state index in [1.807, 2.05) is 0 Å². The molecule has 2 aliphatic carbocycles. The predicted molar refractivity (Wildman–Crippen MR) is 154 cm³/mol. The van der Waals surface area contributed by atoms with E-state index in [0.29, 0.717) is 0 Å². The summed E-state index contributed by atoms with van der Waals surface area (Å²) >= 11 is 0. The molecule has 4 aromatic carbocycles. The molecular formula is C35H31N. The topological polar surface area (TPSA) is 3.24 Å². The Labute approximate surface area is 214 Å². The second-order valence-electron chi connectivity index (χ2n) is 9.44. The Morgan fingerprint density at radius 2 is 1.39 bits per heavy atom. The van der Waals surface area contributed by atoms with E-state index >= 15 is 0 Å². The van der Waals surface area contributed by atoms with Gasteiger partial charge in [-0.15, -0.1) is 0 Å². The average molecular weight is 466 g/mol. The van der Waals surface area contributed by atoms with E-state index in [2.05, 4.69) is 134 Å². The summed E-state index contributed by atoms with van der Waals surface area (Å²) in [6, 6.07) is 33.1. The molecule has 4 aromatic rings. The second-order valence-corrected chi connectivity index (χ2v) is 9.44. The molecule has 0 fully saturated rings. The first-order valence-corrected chi connectivity index (χ1v) is 13.0. The third-order valence-electron chi connectivity index (χ3n) is 7.46. The van der Waals surface area contributed by atoms with Crippen molar-refractivity contribution in [1.82, 2.24) is 0 Å². The Balaban J connectivity index is 1.85. The molecule has 0 saturated heterocycles. The van der Waals surface area contributed by atoms with Crippen LogP contribution in [0.5, 0.6) is 0 Å². The Kier molecular flexibility index (Phi) is 5.91. The number of anilines is 1. The molecule has 0 aliphatic heterocycles. The number of rotatable bonds is 6. The van der Waals surface area contributed by atoms with E-state index in [-0.39, 0.29) is 0 Å². The van der Waals surface area contributed by atoms with Crippen molar-refractivity contribution >= 4 is 22.9 Å². The van der Waals surface area contributed by atoms with Gasteiger partial charge >= 0.3 is 0 Å². The molecule has 1 heteroatoms. The lowest BCUT2D eigenvalue weighted by Gasteiger charge is -2.28. The van der Waals surface area contributed by atoms with Crippen LogP contribution in [0.3, 0.4) is 0 Å². The molecule has 36 heavy (non-hydrogen) atoms. The van der Waals surface area contributed by atoms with Gasteiger partial charge in [0.1, 0.15) is 0 Å². The van der Waals surface area contributed by atoms with Crippen molar-refractivity contribution in [1.29, 1.82) is 0 Å². The Bertz CT molecular complexity index is 1560. The highest BCUT2D eigenvalue weighted by Crippen LogP contribution is 2.35. The van der Waals surface area contributed by atoms with Crippen LogP contribution in [0, 0.1) is 0 Å². The van der Waals surface area contributed by atoms with Crippen molar-refractivity contribution in [2.45, 2.75) is 20.3 Å². The highest BCUT2D eigenvalue weighted by molar-refractivity contribution is 5.94. The van der Waals surface area contributed by atoms with Gasteiger partial charge in [0, 0.05) is 23.9 Å². The molecule has 0 atom stereocenters. The van der Waals surface area contributed by atoms with E-state index in [4.69, 9.17) is 0 Å². The number of hydrogen-bond acceptors (Lipinski definition) is 1. The van der Waals surface area contributed by atoms with Gasteiger partial charge in [-0.05, 0) is 76.6 Å². The van der Waals surface area contributed by atoms with Crippen LogP contribution in [0.2, 0.25) is 0 Å². The molecule has 0 amide bonds. The summed E-state index contributed by atoms with van der Waals surface area (Å²) in [5, 5.41) is 2.67. The lowest BCUT2D eigenvalue weighted by Crippen LogP contribution is -2.33. The molecular weight excluding hydrogens is 434 g/mol. The summed E-state index contributed by atoms with van der Waals surface area (Å²) in [5.41, 5.74) is 11.9. The van der Waals surface area contributed by atoms with Crippen LogP contribution in [0.4, 0.5) is 5.69 Å². The maximum atomic E-state index is 2.55. The average Bonchev–Trinajstić information content (AvgIpc) is 3.59. The lowest BCUT2D eigenvalue weighted by atomic mass is 9.89. The first kappa shape index (κ1) is 22.4. The van der Waals surface area contributed by atoms with Crippen LogP contribution >= 0.6 is 0 Å². The van der Waals surface area contributed by atoms with Crippen molar-refractivity contribution in [3.05, 3.63) is 142 Å². The fraction of sp³-hybridized carbons (Fsp3) is 0.143. The van der Waals surface area contributed by atoms with Crippen LogP contribution < -0.4 is 15.3 Å². The molecule has 0 saturated carbocycles. The second kappa shape index (κ2) is 9.51. The van der Waals surface area contributed by atoms with E-state index in [1.165, 1.54) is 60.7 Å². The smallest absolute Gasteiger partial charge is 0.0529 e. The van der Waals surface area contributed by atoms with Crippen LogP contribution in [0.25, 0.3) is 28.3 Å². The van der Waals surface area contributed by atoms with Crippen molar-refractivity contribution < 1.29 is 0 Å². The molecule has 6 rings (SSSR count). The van der Waals surface area contributed by atoms with Crippen LogP contribution in [-0.4, -0.2) is 13.1 Å². The van der Waals surface area contributed by atoms with Crippen LogP contribution in [0.15, 0.2) is 109 Å². The predicted octanol–water partition coefficient (Wildman–Crippen LogP) is 6.93. The van der Waals surface area contributed by atoms with Crippen molar-refractivity contribution in [2.75, 3.05) is 18.0 Å². The number of fused-ring (bicyclic) bond motifs is 3. The quantitative estimate of drug-likeness (QED) is 0.263. The molecule has 0 aromatic heterocycles. The van der Waals surface area contributed by atoms with Gasteiger partial charge in [-0.25, -0.2) is 0 Å². The Morgan fingerprint density at radius 3 is 2.00 bits per heavy atom. The normalized spacial score (nSPS) is 13.1. The third-order valence-corrected chi connectivity index (χ3v) is 7.46. The van der Waals surface area contributed by atoms with Crippen LogP contribution in [0.1, 0.15) is 42.5 Å². The maximum Gasteiger partial charge on any atom is 0.0529 e. The molecule has 0 radical (unpaired) electrons. The van der Waals surface area contributed by atoms with Gasteiger partial charge in [-0.3, -0.25) is 0 Å². The molecule has 0 N–H and O–H groups in total. The van der Waals surface area contributed by atoms with Crippen LogP contribution in [-0.2, 0) is 0 Å². The molecule has 0 unspecified atom stereocenters. The van der Waals surface area contributed by atoms with Gasteiger partial charge in [-0.1, -0.05) is 103 Å². The van der Waals surface area contributed by atoms with E-state index in [0.717, 1.165) is 19.5 Å². The summed E-state index contributed by atoms with van der Waals surface area (Å²) in [5.74, 6) is 0. The molecule has 176 valence electrons. The summed E-state index contributed by atoms with van der Waals surface area (Å²) in [6.45, 7) is 6.46. The Hall–Kier alpha value is -4.10. The van der Waals surface area contributed by atoms with E-state index in [9.17, 15) is 0 Å². The SMILES string of the molecule is CCN(CC)c1c(C2=CC=CC2)c2c(cc1=C(c1ccccc1)c1ccccc1)-c1ccccc1C=2. The summed E-state index contributed by atoms with van der Waals surface area (Å²) in [7, 11) is 0. The van der Waals surface area contributed by atoms with Gasteiger partial charge in [0.15, 0.2) is 0 Å². The molecule has 2 aliphatic rings. The highest BCUT2D eigenvalue weighted by Gasteiger charge is 2.24. The maximum absolute atomic E-state index is 2.55. The largest absolute Gasteiger partial charge is 0.371 e. The zero-order valence-electron chi connectivity index (χ0n) is 21.0. The molecule has 0 heterocycles. The minimum absolute atomic E-state index is 0.958. The van der Waals surface area contributed by atoms with Gasteiger partial charge in [0.2, 0.25) is 0 Å². The third kappa shape index (κ3) is 3.72. The fourth-order valence-corrected chi connectivity index (χ4v) is 5.79. The lowest BCUT2D eigenvalue weighted by molar-refractivity contribution is 0.859. The zero-order chi connectivity index (χ0) is 24.5. The molecule has 0 bridgehead atoms. The first-order valence-electron chi connectivity index (χ1n) is 13.0. The van der Waals surface area contributed by atoms with E-state index in [1.54, 1.807) is 0 Å². The summed E-state index contributed by atoms with van der Waals surface area (Å²) < 4.78 is 0.